The molecule has 6 nitrogen and oxygen atoms in total. The number of carbonyl (C=O) groups is 1. The van der Waals surface area contributed by atoms with E-state index in [-0.39, 0.29) is 23.4 Å². The maximum absolute atomic E-state index is 14.1. The van der Waals surface area contributed by atoms with Gasteiger partial charge in [0.15, 0.2) is 0 Å². The Balaban J connectivity index is 1.62. The van der Waals surface area contributed by atoms with E-state index in [1.165, 1.54) is 24.3 Å². The van der Waals surface area contributed by atoms with Gasteiger partial charge in [0, 0.05) is 11.1 Å². The molecule has 0 aromatic heterocycles. The Morgan fingerprint density at radius 1 is 0.971 bits per heavy atom. The molecule has 0 spiro atoms. The number of rotatable bonds is 9. The zero-order chi connectivity index (χ0) is 25.6. The first-order chi connectivity index (χ1) is 16.5. The van der Waals surface area contributed by atoms with Crippen LogP contribution >= 0.6 is 0 Å². The number of halogens is 1. The Labute approximate surface area is 206 Å². The average molecular weight is 499 g/mol. The van der Waals surface area contributed by atoms with Gasteiger partial charge >= 0.3 is 0 Å². The summed E-state index contributed by atoms with van der Waals surface area (Å²) >= 11 is 0. The van der Waals surface area contributed by atoms with Crippen LogP contribution in [0.3, 0.4) is 0 Å². The molecule has 0 fully saturated rings. The number of nitrogens with one attached hydrogen (secondary N) is 1. The molecule has 0 bridgehead atoms. The van der Waals surface area contributed by atoms with E-state index in [0.29, 0.717) is 24.4 Å². The fourth-order valence-corrected chi connectivity index (χ4v) is 4.48. The molecule has 1 N–H and O–H groups in total. The van der Waals surface area contributed by atoms with E-state index in [0.717, 1.165) is 21.9 Å². The van der Waals surface area contributed by atoms with Gasteiger partial charge in [-0.3, -0.25) is 9.10 Å². The highest BCUT2D eigenvalue weighted by atomic mass is 32.2. The fourth-order valence-electron chi connectivity index (χ4n) is 3.60. The van der Waals surface area contributed by atoms with Crippen molar-refractivity contribution in [1.82, 2.24) is 5.32 Å². The highest BCUT2D eigenvalue weighted by Gasteiger charge is 2.20. The monoisotopic (exact) mass is 498 g/mol. The second kappa shape index (κ2) is 10.9. The quantitative estimate of drug-likeness (QED) is 0.426. The van der Waals surface area contributed by atoms with Crippen molar-refractivity contribution in [2.24, 2.45) is 0 Å². The molecule has 0 aliphatic heterocycles. The summed E-state index contributed by atoms with van der Waals surface area (Å²) in [7, 11) is -3.67. The standard InChI is InChI=1S/C27H31FN2O4S/c1-27(2,3)23-10-6-8-12-25(23)34-18-17-29-26(31)20-13-15-22(16-14-20)30(35(4,32)33)19-21-9-5-7-11-24(21)28/h5-16H,17-19H2,1-4H3,(H,29,31). The molecule has 3 rings (SSSR count). The van der Waals surface area contributed by atoms with Crippen LogP contribution in [0, 0.1) is 5.82 Å². The van der Waals surface area contributed by atoms with Gasteiger partial charge in [-0.05, 0) is 47.4 Å². The normalized spacial score (nSPS) is 11.7. The van der Waals surface area contributed by atoms with E-state index in [1.807, 2.05) is 24.3 Å². The topological polar surface area (TPSA) is 75.7 Å². The maximum Gasteiger partial charge on any atom is 0.251 e. The summed E-state index contributed by atoms with van der Waals surface area (Å²) in [4.78, 5) is 12.5. The number of carbonyl (C=O) groups excluding carboxylic acids is 1. The van der Waals surface area contributed by atoms with Crippen molar-refractivity contribution >= 4 is 21.6 Å². The molecule has 0 saturated carbocycles. The second-order valence-electron chi connectivity index (χ2n) is 9.26. The van der Waals surface area contributed by atoms with Crippen molar-refractivity contribution in [3.05, 3.63) is 95.3 Å². The van der Waals surface area contributed by atoms with Crippen LogP contribution in [0.1, 0.15) is 42.3 Å². The number of sulfonamides is 1. The Hall–Kier alpha value is -3.39. The lowest BCUT2D eigenvalue weighted by atomic mass is 9.86. The van der Waals surface area contributed by atoms with Crippen molar-refractivity contribution in [3.8, 4) is 5.75 Å². The number of benzene rings is 3. The molecule has 0 aliphatic rings. The Bertz CT molecular complexity index is 1270. The first-order valence-corrected chi connectivity index (χ1v) is 13.1. The van der Waals surface area contributed by atoms with Gasteiger partial charge < -0.3 is 10.1 Å². The lowest BCUT2D eigenvalue weighted by Gasteiger charge is -2.23. The zero-order valence-electron chi connectivity index (χ0n) is 20.4. The van der Waals surface area contributed by atoms with Crippen LogP contribution in [0.2, 0.25) is 0 Å². The van der Waals surface area contributed by atoms with Gasteiger partial charge in [-0.25, -0.2) is 12.8 Å². The van der Waals surface area contributed by atoms with Gasteiger partial charge in [0.1, 0.15) is 18.2 Å². The number of anilines is 1. The van der Waals surface area contributed by atoms with Gasteiger partial charge in [-0.2, -0.15) is 0 Å². The van der Waals surface area contributed by atoms with Crippen LogP contribution in [0.5, 0.6) is 5.75 Å². The van der Waals surface area contributed by atoms with Crippen LogP contribution in [0.25, 0.3) is 0 Å². The molecule has 3 aromatic carbocycles. The summed E-state index contributed by atoms with van der Waals surface area (Å²) in [5.74, 6) is 0.00285. The molecule has 0 aliphatic carbocycles. The van der Waals surface area contributed by atoms with E-state index in [1.54, 1.807) is 24.3 Å². The predicted molar refractivity (Wildman–Crippen MR) is 137 cm³/mol. The highest BCUT2D eigenvalue weighted by Crippen LogP contribution is 2.30. The summed E-state index contributed by atoms with van der Waals surface area (Å²) in [6.45, 7) is 6.80. The van der Waals surface area contributed by atoms with Gasteiger partial charge in [0.2, 0.25) is 10.0 Å². The zero-order valence-corrected chi connectivity index (χ0v) is 21.2. The molecule has 35 heavy (non-hydrogen) atoms. The third-order valence-electron chi connectivity index (χ3n) is 5.43. The van der Waals surface area contributed by atoms with Gasteiger partial charge in [-0.1, -0.05) is 57.2 Å². The molecule has 0 heterocycles. The number of hydrogen-bond donors (Lipinski definition) is 1. The number of ether oxygens (including phenoxy) is 1. The smallest absolute Gasteiger partial charge is 0.251 e. The molecule has 186 valence electrons. The SMILES string of the molecule is CC(C)(C)c1ccccc1OCCNC(=O)c1ccc(N(Cc2ccccc2F)S(C)(=O)=O)cc1. The molecule has 8 heteroatoms. The molecule has 0 atom stereocenters. The number of hydrogen-bond acceptors (Lipinski definition) is 4. The minimum absolute atomic E-state index is 0.0618. The lowest BCUT2D eigenvalue weighted by Crippen LogP contribution is -2.30. The maximum atomic E-state index is 14.1. The average Bonchev–Trinajstić information content (AvgIpc) is 2.80. The van der Waals surface area contributed by atoms with Gasteiger partial charge in [0.05, 0.1) is 25.0 Å². The van der Waals surface area contributed by atoms with Gasteiger partial charge in [-0.15, -0.1) is 0 Å². The first kappa shape index (κ1) is 26.2. The third-order valence-corrected chi connectivity index (χ3v) is 6.57. The summed E-state index contributed by atoms with van der Waals surface area (Å²) in [6, 6.07) is 20.0. The van der Waals surface area contributed by atoms with Gasteiger partial charge in [0.25, 0.3) is 5.91 Å². The minimum Gasteiger partial charge on any atom is -0.491 e. The van der Waals surface area contributed by atoms with Crippen LogP contribution in [0.15, 0.2) is 72.8 Å². The minimum atomic E-state index is -3.67. The Morgan fingerprint density at radius 2 is 1.60 bits per heavy atom. The van der Waals surface area contributed by atoms with E-state index >= 15 is 0 Å². The number of nitrogens with zero attached hydrogens (tertiary/aromatic N) is 1. The molecule has 0 radical (unpaired) electrons. The molecular formula is C27H31FN2O4S. The van der Waals surface area contributed by atoms with E-state index in [2.05, 4.69) is 26.1 Å². The highest BCUT2D eigenvalue weighted by molar-refractivity contribution is 7.92. The van der Waals surface area contributed by atoms with E-state index < -0.39 is 15.8 Å². The summed E-state index contributed by atoms with van der Waals surface area (Å²) < 4.78 is 45.8. The van der Waals surface area contributed by atoms with Crippen molar-refractivity contribution < 1.29 is 22.3 Å². The fraction of sp³-hybridized carbons (Fsp3) is 0.296. The molecule has 1 amide bonds. The molecule has 0 unspecified atom stereocenters. The molecule has 0 saturated heterocycles. The lowest BCUT2D eigenvalue weighted by molar-refractivity contribution is 0.0947. The second-order valence-corrected chi connectivity index (χ2v) is 11.2. The van der Waals surface area contributed by atoms with E-state index in [9.17, 15) is 17.6 Å². The van der Waals surface area contributed by atoms with Crippen LogP contribution in [-0.4, -0.2) is 33.7 Å². The first-order valence-electron chi connectivity index (χ1n) is 11.3. The van der Waals surface area contributed by atoms with Crippen LogP contribution < -0.4 is 14.4 Å². The number of amides is 1. The molecule has 3 aromatic rings. The predicted octanol–water partition coefficient (Wildman–Crippen LogP) is 4.90. The Kier molecular flexibility index (Phi) is 8.17. The van der Waals surface area contributed by atoms with E-state index in [4.69, 9.17) is 4.74 Å². The van der Waals surface area contributed by atoms with Crippen LogP contribution in [0.4, 0.5) is 10.1 Å². The Morgan fingerprint density at radius 3 is 2.23 bits per heavy atom. The van der Waals surface area contributed by atoms with Crippen molar-refractivity contribution in [2.45, 2.75) is 32.7 Å². The van der Waals surface area contributed by atoms with Crippen molar-refractivity contribution in [1.29, 1.82) is 0 Å². The summed E-state index contributed by atoms with van der Waals surface area (Å²) in [5, 5.41) is 2.81. The van der Waals surface area contributed by atoms with Crippen molar-refractivity contribution in [2.75, 3.05) is 23.7 Å². The molecular weight excluding hydrogens is 467 g/mol. The third kappa shape index (κ3) is 7.05. The van der Waals surface area contributed by atoms with Crippen molar-refractivity contribution in [3.63, 3.8) is 0 Å². The summed E-state index contributed by atoms with van der Waals surface area (Å²) in [6.07, 6.45) is 1.06. The largest absolute Gasteiger partial charge is 0.491 e. The number of para-hydroxylation sites is 1. The van der Waals surface area contributed by atoms with Crippen LogP contribution in [-0.2, 0) is 22.0 Å². The summed E-state index contributed by atoms with van der Waals surface area (Å²) in [5.41, 5.74) is 2.01.